The molecule has 0 saturated carbocycles. The number of benzene rings is 2. The minimum atomic E-state index is -0.633. The van der Waals surface area contributed by atoms with Gasteiger partial charge in [0.15, 0.2) is 0 Å². The van der Waals surface area contributed by atoms with E-state index in [9.17, 15) is 5.11 Å². The molecular weight excluding hydrogens is 350 g/mol. The van der Waals surface area contributed by atoms with Gasteiger partial charge in [-0.3, -0.25) is 0 Å². The molecule has 26 heavy (non-hydrogen) atoms. The molecule has 1 aliphatic rings. The van der Waals surface area contributed by atoms with Crippen LogP contribution < -0.4 is 14.8 Å². The van der Waals surface area contributed by atoms with E-state index < -0.39 is 11.7 Å². The number of aliphatic hydroxyl groups excluding tert-OH is 1. The summed E-state index contributed by atoms with van der Waals surface area (Å²) in [7, 11) is 1.67. The molecule has 0 aliphatic carbocycles. The van der Waals surface area contributed by atoms with Crippen LogP contribution >= 0.6 is 12.4 Å². The van der Waals surface area contributed by atoms with Crippen molar-refractivity contribution in [1.82, 2.24) is 5.32 Å². The SMILES string of the molecule is COc1ccc(CC(C)NC2c3ccccc3OC(C)(C)C2O)cc1.Cl. The van der Waals surface area contributed by atoms with Crippen LogP contribution in [0.15, 0.2) is 48.5 Å². The Bertz CT molecular complexity index is 717. The largest absolute Gasteiger partial charge is 0.497 e. The number of halogens is 1. The molecule has 3 atom stereocenters. The summed E-state index contributed by atoms with van der Waals surface area (Å²) in [6.07, 6.45) is 0.247. The summed E-state index contributed by atoms with van der Waals surface area (Å²) in [5.74, 6) is 1.70. The first-order valence-corrected chi connectivity index (χ1v) is 8.75. The first-order chi connectivity index (χ1) is 11.9. The molecule has 0 bridgehead atoms. The van der Waals surface area contributed by atoms with Gasteiger partial charge in [-0.05, 0) is 51.0 Å². The van der Waals surface area contributed by atoms with Crippen molar-refractivity contribution in [2.24, 2.45) is 0 Å². The highest BCUT2D eigenvalue weighted by Gasteiger charge is 2.42. The molecule has 5 heteroatoms. The van der Waals surface area contributed by atoms with E-state index in [0.29, 0.717) is 0 Å². The fourth-order valence-corrected chi connectivity index (χ4v) is 3.41. The molecular formula is C21H28ClNO3. The highest BCUT2D eigenvalue weighted by molar-refractivity contribution is 5.85. The lowest BCUT2D eigenvalue weighted by molar-refractivity contribution is -0.0661. The first-order valence-electron chi connectivity index (χ1n) is 8.75. The van der Waals surface area contributed by atoms with Gasteiger partial charge < -0.3 is 19.9 Å². The van der Waals surface area contributed by atoms with E-state index in [4.69, 9.17) is 9.47 Å². The van der Waals surface area contributed by atoms with Gasteiger partial charge in [0.2, 0.25) is 0 Å². The zero-order valence-electron chi connectivity index (χ0n) is 15.7. The van der Waals surface area contributed by atoms with E-state index in [-0.39, 0.29) is 24.5 Å². The number of hydrogen-bond donors (Lipinski definition) is 2. The van der Waals surface area contributed by atoms with Crippen molar-refractivity contribution in [2.45, 2.75) is 51.0 Å². The second-order valence-electron chi connectivity index (χ2n) is 7.29. The zero-order chi connectivity index (χ0) is 18.0. The van der Waals surface area contributed by atoms with Crippen molar-refractivity contribution in [3.63, 3.8) is 0 Å². The van der Waals surface area contributed by atoms with Gasteiger partial charge in [0.25, 0.3) is 0 Å². The molecule has 2 N–H and O–H groups in total. The molecule has 4 nitrogen and oxygen atoms in total. The van der Waals surface area contributed by atoms with Crippen LogP contribution in [-0.2, 0) is 6.42 Å². The number of hydrogen-bond acceptors (Lipinski definition) is 4. The Balaban J connectivity index is 0.00000243. The van der Waals surface area contributed by atoms with Gasteiger partial charge in [-0.25, -0.2) is 0 Å². The third-order valence-corrected chi connectivity index (χ3v) is 4.82. The van der Waals surface area contributed by atoms with Crippen LogP contribution in [0.25, 0.3) is 0 Å². The Hall–Kier alpha value is -1.75. The van der Waals surface area contributed by atoms with Crippen LogP contribution in [0, 0.1) is 0 Å². The van der Waals surface area contributed by atoms with Crippen LogP contribution in [0.1, 0.15) is 37.9 Å². The Morgan fingerprint density at radius 2 is 1.81 bits per heavy atom. The number of ether oxygens (including phenoxy) is 2. The van der Waals surface area contributed by atoms with Gasteiger partial charge in [0, 0.05) is 11.6 Å². The quantitative estimate of drug-likeness (QED) is 0.829. The molecule has 142 valence electrons. The van der Waals surface area contributed by atoms with Gasteiger partial charge in [0.1, 0.15) is 23.2 Å². The molecule has 2 aromatic rings. The maximum atomic E-state index is 10.8. The molecule has 3 unspecified atom stereocenters. The molecule has 0 saturated heterocycles. The number of fused-ring (bicyclic) bond motifs is 1. The van der Waals surface area contributed by atoms with Gasteiger partial charge in [-0.15, -0.1) is 12.4 Å². The van der Waals surface area contributed by atoms with Crippen LogP contribution in [-0.4, -0.2) is 30.0 Å². The van der Waals surface area contributed by atoms with Crippen molar-refractivity contribution in [3.8, 4) is 11.5 Å². The van der Waals surface area contributed by atoms with Crippen molar-refractivity contribution in [3.05, 3.63) is 59.7 Å². The highest BCUT2D eigenvalue weighted by Crippen LogP contribution is 2.39. The second kappa shape index (κ2) is 8.30. The van der Waals surface area contributed by atoms with E-state index in [0.717, 1.165) is 23.5 Å². The smallest absolute Gasteiger partial charge is 0.131 e. The average Bonchev–Trinajstić information content (AvgIpc) is 2.59. The molecule has 0 spiro atoms. The summed E-state index contributed by atoms with van der Waals surface area (Å²) in [5, 5.41) is 14.4. The Morgan fingerprint density at radius 3 is 2.46 bits per heavy atom. The molecule has 2 aromatic carbocycles. The summed E-state index contributed by atoms with van der Waals surface area (Å²) < 4.78 is 11.2. The fourth-order valence-electron chi connectivity index (χ4n) is 3.41. The lowest BCUT2D eigenvalue weighted by Gasteiger charge is -2.43. The second-order valence-corrected chi connectivity index (χ2v) is 7.29. The van der Waals surface area contributed by atoms with E-state index in [1.807, 2.05) is 50.2 Å². The zero-order valence-corrected chi connectivity index (χ0v) is 16.5. The summed E-state index contributed by atoms with van der Waals surface area (Å²) in [6.45, 7) is 5.99. The Kier molecular flexibility index (Phi) is 6.56. The molecule has 1 aliphatic heterocycles. The van der Waals surface area contributed by atoms with Gasteiger partial charge in [-0.1, -0.05) is 30.3 Å². The molecule has 0 fully saturated rings. The average molecular weight is 378 g/mol. The summed E-state index contributed by atoms with van der Waals surface area (Å²) >= 11 is 0. The highest BCUT2D eigenvalue weighted by atomic mass is 35.5. The third kappa shape index (κ3) is 4.32. The number of nitrogens with one attached hydrogen (secondary N) is 1. The molecule has 0 amide bonds. The van der Waals surface area contributed by atoms with Gasteiger partial charge in [-0.2, -0.15) is 0 Å². The normalized spacial score (nSPS) is 21.7. The summed E-state index contributed by atoms with van der Waals surface area (Å²) in [4.78, 5) is 0. The fraction of sp³-hybridized carbons (Fsp3) is 0.429. The van der Waals surface area contributed by atoms with Gasteiger partial charge in [0.05, 0.1) is 13.2 Å². The lowest BCUT2D eigenvalue weighted by atomic mass is 9.86. The molecule has 0 aromatic heterocycles. The predicted octanol–water partition coefficient (Wildman–Crippen LogP) is 3.91. The minimum absolute atomic E-state index is 0. The standard InChI is InChI=1S/C21H27NO3.ClH/c1-14(13-15-9-11-16(24-4)12-10-15)22-19-17-7-5-6-8-18(17)25-21(2,3)20(19)23;/h5-12,14,19-20,22-23H,13H2,1-4H3;1H. The number of para-hydroxylation sites is 1. The van der Waals surface area contributed by atoms with Crippen molar-refractivity contribution in [1.29, 1.82) is 0 Å². The minimum Gasteiger partial charge on any atom is -0.497 e. The molecule has 0 radical (unpaired) electrons. The molecule has 3 rings (SSSR count). The maximum absolute atomic E-state index is 10.8. The van der Waals surface area contributed by atoms with Gasteiger partial charge >= 0.3 is 0 Å². The van der Waals surface area contributed by atoms with Crippen LogP contribution in [0.4, 0.5) is 0 Å². The summed E-state index contributed by atoms with van der Waals surface area (Å²) in [5.41, 5.74) is 1.61. The maximum Gasteiger partial charge on any atom is 0.131 e. The number of aliphatic hydroxyl groups is 1. The van der Waals surface area contributed by atoms with Crippen LogP contribution in [0.3, 0.4) is 0 Å². The third-order valence-electron chi connectivity index (χ3n) is 4.82. The predicted molar refractivity (Wildman–Crippen MR) is 106 cm³/mol. The Labute approximate surface area is 161 Å². The van der Waals surface area contributed by atoms with Crippen molar-refractivity contribution in [2.75, 3.05) is 7.11 Å². The van der Waals surface area contributed by atoms with E-state index in [1.54, 1.807) is 7.11 Å². The van der Waals surface area contributed by atoms with Crippen molar-refractivity contribution < 1.29 is 14.6 Å². The summed E-state index contributed by atoms with van der Waals surface area (Å²) in [6, 6.07) is 16.1. The first kappa shape index (κ1) is 20.6. The molecule has 1 heterocycles. The van der Waals surface area contributed by atoms with E-state index in [1.165, 1.54) is 5.56 Å². The van der Waals surface area contributed by atoms with E-state index >= 15 is 0 Å². The monoisotopic (exact) mass is 377 g/mol. The topological polar surface area (TPSA) is 50.7 Å². The Morgan fingerprint density at radius 1 is 1.15 bits per heavy atom. The number of methoxy groups -OCH3 is 1. The number of rotatable bonds is 5. The van der Waals surface area contributed by atoms with Crippen LogP contribution in [0.5, 0.6) is 11.5 Å². The lowest BCUT2D eigenvalue weighted by Crippen LogP contribution is -2.54. The van der Waals surface area contributed by atoms with Crippen LogP contribution in [0.2, 0.25) is 0 Å². The van der Waals surface area contributed by atoms with E-state index in [2.05, 4.69) is 24.4 Å². The van der Waals surface area contributed by atoms with Crippen molar-refractivity contribution >= 4 is 12.4 Å².